The maximum Gasteiger partial charge on any atom is 0.256 e. The molecule has 7 heteroatoms. The first-order valence-corrected chi connectivity index (χ1v) is 8.33. The van der Waals surface area contributed by atoms with Crippen LogP contribution < -0.4 is 10.2 Å². The number of hydrogen-bond acceptors (Lipinski definition) is 5. The van der Waals surface area contributed by atoms with Crippen LogP contribution in [0.15, 0.2) is 42.9 Å². The number of aromatic amines is 1. The average molecular weight is 336 g/mol. The summed E-state index contributed by atoms with van der Waals surface area (Å²) in [5.41, 5.74) is 1.53. The van der Waals surface area contributed by atoms with Gasteiger partial charge in [-0.1, -0.05) is 6.07 Å². The molecule has 0 spiro atoms. The highest BCUT2D eigenvalue weighted by Crippen LogP contribution is 2.18. The smallest absolute Gasteiger partial charge is 0.256 e. The minimum Gasteiger partial charge on any atom is -0.361 e. The second-order valence-corrected chi connectivity index (χ2v) is 6.29. The molecule has 0 radical (unpaired) electrons. The van der Waals surface area contributed by atoms with Crippen LogP contribution in [0.4, 0.5) is 11.6 Å². The van der Waals surface area contributed by atoms with Gasteiger partial charge in [-0.15, -0.1) is 0 Å². The van der Waals surface area contributed by atoms with Crippen LogP contribution in [0.5, 0.6) is 0 Å². The van der Waals surface area contributed by atoms with Crippen molar-refractivity contribution in [3.05, 3.63) is 48.4 Å². The summed E-state index contributed by atoms with van der Waals surface area (Å²) in [7, 11) is 2.12. The van der Waals surface area contributed by atoms with Crippen molar-refractivity contribution in [3.63, 3.8) is 0 Å². The van der Waals surface area contributed by atoms with Crippen LogP contribution in [0.1, 0.15) is 10.4 Å². The SMILES string of the molecule is CN1CCN(c2cc(NC(=O)c3ccc4cc[nH]c4c3)ncn2)CC1. The van der Waals surface area contributed by atoms with E-state index in [0.717, 1.165) is 42.9 Å². The number of rotatable bonds is 3. The number of aromatic nitrogens is 3. The fourth-order valence-electron chi connectivity index (χ4n) is 3.00. The van der Waals surface area contributed by atoms with Gasteiger partial charge in [0, 0.05) is 49.5 Å². The van der Waals surface area contributed by atoms with Gasteiger partial charge in [-0.25, -0.2) is 9.97 Å². The van der Waals surface area contributed by atoms with E-state index in [1.165, 1.54) is 6.33 Å². The predicted octanol–water partition coefficient (Wildman–Crippen LogP) is 1.96. The summed E-state index contributed by atoms with van der Waals surface area (Å²) in [4.78, 5) is 28.6. The fourth-order valence-corrected chi connectivity index (χ4v) is 3.00. The van der Waals surface area contributed by atoms with Crippen molar-refractivity contribution in [3.8, 4) is 0 Å². The summed E-state index contributed by atoms with van der Waals surface area (Å²) in [6, 6.07) is 9.39. The molecule has 0 atom stereocenters. The molecule has 0 saturated carbocycles. The van der Waals surface area contributed by atoms with Crippen LogP contribution in [-0.2, 0) is 0 Å². The second kappa shape index (κ2) is 6.52. The molecular weight excluding hydrogens is 316 g/mol. The van der Waals surface area contributed by atoms with Gasteiger partial charge in [0.25, 0.3) is 5.91 Å². The zero-order valence-electron chi connectivity index (χ0n) is 14.1. The topological polar surface area (TPSA) is 77.1 Å². The van der Waals surface area contributed by atoms with Crippen molar-refractivity contribution in [1.82, 2.24) is 19.9 Å². The number of benzene rings is 1. The molecule has 3 aromatic rings. The van der Waals surface area contributed by atoms with Gasteiger partial charge in [-0.05, 0) is 30.6 Å². The van der Waals surface area contributed by atoms with Crippen LogP contribution in [0.25, 0.3) is 10.9 Å². The lowest BCUT2D eigenvalue weighted by molar-refractivity contribution is 0.102. The summed E-state index contributed by atoms with van der Waals surface area (Å²) in [6.07, 6.45) is 3.36. The number of likely N-dealkylation sites (N-methyl/N-ethyl adjacent to an activating group) is 1. The molecule has 1 saturated heterocycles. The van der Waals surface area contributed by atoms with Crippen molar-refractivity contribution in [2.24, 2.45) is 0 Å². The molecule has 0 bridgehead atoms. The zero-order chi connectivity index (χ0) is 17.2. The second-order valence-electron chi connectivity index (χ2n) is 6.29. The highest BCUT2D eigenvalue weighted by molar-refractivity contribution is 6.05. The predicted molar refractivity (Wildman–Crippen MR) is 98.0 cm³/mol. The van der Waals surface area contributed by atoms with Crippen molar-refractivity contribution >= 4 is 28.4 Å². The van der Waals surface area contributed by atoms with Gasteiger partial charge in [-0.3, -0.25) is 4.79 Å². The van der Waals surface area contributed by atoms with E-state index in [9.17, 15) is 4.79 Å². The van der Waals surface area contributed by atoms with E-state index in [2.05, 4.69) is 37.1 Å². The summed E-state index contributed by atoms with van der Waals surface area (Å²) in [5, 5.41) is 3.94. The zero-order valence-corrected chi connectivity index (χ0v) is 14.1. The van der Waals surface area contributed by atoms with Gasteiger partial charge in [0.1, 0.15) is 18.0 Å². The maximum absolute atomic E-state index is 12.5. The Labute approximate surface area is 145 Å². The first kappa shape index (κ1) is 15.6. The van der Waals surface area contributed by atoms with Gasteiger partial charge in [0.05, 0.1) is 0 Å². The normalized spacial score (nSPS) is 15.5. The first-order valence-electron chi connectivity index (χ1n) is 8.33. The Kier molecular flexibility index (Phi) is 4.07. The molecule has 7 nitrogen and oxygen atoms in total. The quantitative estimate of drug-likeness (QED) is 0.765. The van der Waals surface area contributed by atoms with Crippen LogP contribution in [0, 0.1) is 0 Å². The number of carbonyl (C=O) groups excluding carboxylic acids is 1. The molecule has 1 amide bonds. The molecule has 2 N–H and O–H groups in total. The minimum atomic E-state index is -0.181. The number of hydrogen-bond donors (Lipinski definition) is 2. The van der Waals surface area contributed by atoms with E-state index in [0.29, 0.717) is 11.4 Å². The molecule has 2 aromatic heterocycles. The number of anilines is 2. The van der Waals surface area contributed by atoms with Crippen LogP contribution >= 0.6 is 0 Å². The van der Waals surface area contributed by atoms with Crippen molar-refractivity contribution in [2.45, 2.75) is 0 Å². The van der Waals surface area contributed by atoms with Crippen LogP contribution in [-0.4, -0.2) is 59.0 Å². The standard InChI is InChI=1S/C18H20N6O/c1-23-6-8-24(9-7-23)17-11-16(20-12-21-17)22-18(25)14-3-2-13-4-5-19-15(13)10-14/h2-5,10-12,19H,6-9H2,1H3,(H,20,21,22,25). The van der Waals surface area contributed by atoms with Gasteiger partial charge < -0.3 is 20.1 Å². The molecular formula is C18H20N6O. The molecule has 1 aliphatic heterocycles. The number of piperazine rings is 1. The summed E-state index contributed by atoms with van der Waals surface area (Å²) >= 11 is 0. The summed E-state index contributed by atoms with van der Waals surface area (Å²) in [5.74, 6) is 1.18. The largest absolute Gasteiger partial charge is 0.361 e. The van der Waals surface area contributed by atoms with E-state index in [4.69, 9.17) is 0 Å². The van der Waals surface area contributed by atoms with Gasteiger partial charge in [0.15, 0.2) is 0 Å². The van der Waals surface area contributed by atoms with Crippen molar-refractivity contribution in [1.29, 1.82) is 0 Å². The first-order chi connectivity index (χ1) is 12.2. The molecule has 0 unspecified atom stereocenters. The Bertz CT molecular complexity index is 897. The highest BCUT2D eigenvalue weighted by Gasteiger charge is 2.16. The molecule has 0 aliphatic carbocycles. The summed E-state index contributed by atoms with van der Waals surface area (Å²) in [6.45, 7) is 3.85. The molecule has 128 valence electrons. The summed E-state index contributed by atoms with van der Waals surface area (Å²) < 4.78 is 0. The monoisotopic (exact) mass is 336 g/mol. The Morgan fingerprint density at radius 1 is 1.12 bits per heavy atom. The Hall–Kier alpha value is -2.93. The minimum absolute atomic E-state index is 0.181. The average Bonchev–Trinajstić information content (AvgIpc) is 3.10. The van der Waals surface area contributed by atoms with Crippen molar-refractivity contribution in [2.75, 3.05) is 43.4 Å². The lowest BCUT2D eigenvalue weighted by atomic mass is 10.1. The molecule has 4 rings (SSSR count). The lowest BCUT2D eigenvalue weighted by Gasteiger charge is -2.33. The van der Waals surface area contributed by atoms with Crippen LogP contribution in [0.3, 0.4) is 0 Å². The molecule has 1 aromatic carbocycles. The lowest BCUT2D eigenvalue weighted by Crippen LogP contribution is -2.44. The van der Waals surface area contributed by atoms with E-state index in [1.54, 1.807) is 0 Å². The number of carbonyl (C=O) groups is 1. The third-order valence-corrected chi connectivity index (χ3v) is 4.54. The van der Waals surface area contributed by atoms with Crippen molar-refractivity contribution < 1.29 is 4.79 Å². The third kappa shape index (κ3) is 3.32. The number of nitrogens with one attached hydrogen (secondary N) is 2. The highest BCUT2D eigenvalue weighted by atomic mass is 16.1. The van der Waals surface area contributed by atoms with Gasteiger partial charge in [0.2, 0.25) is 0 Å². The Morgan fingerprint density at radius 3 is 2.80 bits per heavy atom. The number of amides is 1. The van der Waals surface area contributed by atoms with E-state index in [-0.39, 0.29) is 5.91 Å². The number of nitrogens with zero attached hydrogens (tertiary/aromatic N) is 4. The maximum atomic E-state index is 12.5. The third-order valence-electron chi connectivity index (χ3n) is 4.54. The van der Waals surface area contributed by atoms with E-state index in [1.807, 2.05) is 36.5 Å². The van der Waals surface area contributed by atoms with E-state index >= 15 is 0 Å². The Morgan fingerprint density at radius 2 is 1.96 bits per heavy atom. The Balaban J connectivity index is 1.50. The number of H-pyrrole nitrogens is 1. The molecule has 1 aliphatic rings. The molecule has 1 fully saturated rings. The van der Waals surface area contributed by atoms with Crippen LogP contribution in [0.2, 0.25) is 0 Å². The molecule has 25 heavy (non-hydrogen) atoms. The van der Waals surface area contributed by atoms with Gasteiger partial charge in [-0.2, -0.15) is 0 Å². The van der Waals surface area contributed by atoms with Gasteiger partial charge >= 0.3 is 0 Å². The number of fused-ring (bicyclic) bond motifs is 1. The fraction of sp³-hybridized carbons (Fsp3) is 0.278. The molecule has 3 heterocycles. The van der Waals surface area contributed by atoms with E-state index < -0.39 is 0 Å².